The molecule has 32 heavy (non-hydrogen) atoms. The number of imidazole rings is 1. The minimum Gasteiger partial charge on any atom is -0.341 e. The molecule has 4 aromatic rings. The Morgan fingerprint density at radius 3 is 2.47 bits per heavy atom. The molecule has 0 atom stereocenters. The van der Waals surface area contributed by atoms with Crippen LogP contribution in [0.4, 0.5) is 16.0 Å². The van der Waals surface area contributed by atoms with Crippen LogP contribution in [0.1, 0.15) is 12.1 Å². The van der Waals surface area contributed by atoms with Gasteiger partial charge in [0.1, 0.15) is 5.82 Å². The lowest BCUT2D eigenvalue weighted by Crippen LogP contribution is -2.20. The van der Waals surface area contributed by atoms with Gasteiger partial charge in [-0.25, -0.2) is 19.3 Å². The SMILES string of the molecule is C=C1COC(c2nc(-c3ccc(F)cc3)c(-c3ccnc(Nc4ccncc4)n3)[nH]2)OC1. The summed E-state index contributed by atoms with van der Waals surface area (Å²) in [6.45, 7) is 4.65. The number of H-pyrrole nitrogens is 1. The molecule has 8 nitrogen and oxygen atoms in total. The maximum atomic E-state index is 13.5. The molecule has 1 saturated heterocycles. The number of ether oxygens (including phenoxy) is 2. The van der Waals surface area contributed by atoms with Gasteiger partial charge in [-0.05, 0) is 48.0 Å². The highest BCUT2D eigenvalue weighted by Gasteiger charge is 2.25. The number of rotatable bonds is 5. The summed E-state index contributed by atoms with van der Waals surface area (Å²) < 4.78 is 24.9. The maximum absolute atomic E-state index is 13.5. The number of aromatic nitrogens is 5. The second-order valence-corrected chi connectivity index (χ2v) is 7.18. The molecule has 0 bridgehead atoms. The van der Waals surface area contributed by atoms with Gasteiger partial charge in [0.05, 0.1) is 30.3 Å². The second kappa shape index (κ2) is 8.66. The van der Waals surface area contributed by atoms with E-state index in [4.69, 9.17) is 14.5 Å². The number of halogens is 1. The minimum atomic E-state index is -0.662. The predicted octanol–water partition coefficient (Wildman–Crippen LogP) is 4.41. The van der Waals surface area contributed by atoms with Crippen molar-refractivity contribution in [2.24, 2.45) is 0 Å². The Balaban J connectivity index is 1.54. The molecule has 1 fully saturated rings. The highest BCUT2D eigenvalue weighted by Crippen LogP contribution is 2.33. The molecule has 9 heteroatoms. The van der Waals surface area contributed by atoms with Gasteiger partial charge in [0.15, 0.2) is 5.82 Å². The Kier molecular flexibility index (Phi) is 5.40. The van der Waals surface area contributed by atoms with Crippen LogP contribution in [0.5, 0.6) is 0 Å². The van der Waals surface area contributed by atoms with Gasteiger partial charge >= 0.3 is 0 Å². The number of hydrogen-bond acceptors (Lipinski definition) is 7. The van der Waals surface area contributed by atoms with Gasteiger partial charge in [0.25, 0.3) is 0 Å². The quantitative estimate of drug-likeness (QED) is 0.453. The highest BCUT2D eigenvalue weighted by molar-refractivity contribution is 5.77. The largest absolute Gasteiger partial charge is 0.341 e. The number of benzene rings is 1. The minimum absolute atomic E-state index is 0.325. The lowest BCUT2D eigenvalue weighted by molar-refractivity contribution is -0.165. The zero-order chi connectivity index (χ0) is 21.9. The summed E-state index contributed by atoms with van der Waals surface area (Å²) in [6.07, 6.45) is 4.35. The summed E-state index contributed by atoms with van der Waals surface area (Å²) in [6, 6.07) is 11.5. The molecular weight excluding hydrogens is 411 g/mol. The molecule has 2 N–H and O–H groups in total. The molecule has 5 rings (SSSR count). The Morgan fingerprint density at radius 2 is 1.72 bits per heavy atom. The average Bonchev–Trinajstić information content (AvgIpc) is 3.26. The first kappa shape index (κ1) is 20.0. The van der Waals surface area contributed by atoms with Crippen LogP contribution in [0.25, 0.3) is 22.6 Å². The van der Waals surface area contributed by atoms with Crippen molar-refractivity contribution < 1.29 is 13.9 Å². The fourth-order valence-corrected chi connectivity index (χ4v) is 3.26. The monoisotopic (exact) mass is 430 g/mol. The van der Waals surface area contributed by atoms with E-state index in [0.29, 0.717) is 42.1 Å². The fourth-order valence-electron chi connectivity index (χ4n) is 3.26. The summed E-state index contributed by atoms with van der Waals surface area (Å²) in [7, 11) is 0. The molecule has 3 aromatic heterocycles. The second-order valence-electron chi connectivity index (χ2n) is 7.18. The molecule has 0 saturated carbocycles. The third-order valence-corrected chi connectivity index (χ3v) is 4.79. The number of aromatic amines is 1. The fraction of sp³-hybridized carbons (Fsp3) is 0.130. The van der Waals surface area contributed by atoms with Gasteiger partial charge in [-0.2, -0.15) is 0 Å². The van der Waals surface area contributed by atoms with E-state index in [-0.39, 0.29) is 5.82 Å². The van der Waals surface area contributed by atoms with Crippen LogP contribution in [-0.2, 0) is 9.47 Å². The molecular formula is C23H19FN6O2. The van der Waals surface area contributed by atoms with Crippen LogP contribution < -0.4 is 5.32 Å². The lowest BCUT2D eigenvalue weighted by Gasteiger charge is -2.22. The number of hydrogen-bond donors (Lipinski definition) is 2. The van der Waals surface area contributed by atoms with Gasteiger partial charge in [0, 0.05) is 29.8 Å². The van der Waals surface area contributed by atoms with Crippen molar-refractivity contribution in [2.45, 2.75) is 6.29 Å². The van der Waals surface area contributed by atoms with Crippen LogP contribution in [0.15, 0.2) is 73.2 Å². The zero-order valence-electron chi connectivity index (χ0n) is 17.0. The van der Waals surface area contributed by atoms with Crippen molar-refractivity contribution in [1.82, 2.24) is 24.9 Å². The molecule has 0 amide bonds. The average molecular weight is 430 g/mol. The predicted molar refractivity (Wildman–Crippen MR) is 116 cm³/mol. The molecule has 1 aromatic carbocycles. The normalized spacial score (nSPS) is 14.5. The molecule has 0 unspecified atom stereocenters. The van der Waals surface area contributed by atoms with E-state index in [2.05, 4.69) is 31.8 Å². The summed E-state index contributed by atoms with van der Waals surface area (Å²) in [4.78, 5) is 20.9. The van der Waals surface area contributed by atoms with Gasteiger partial charge in [-0.3, -0.25) is 4.98 Å². The Hall–Kier alpha value is -3.95. The van der Waals surface area contributed by atoms with E-state index >= 15 is 0 Å². The van der Waals surface area contributed by atoms with Gasteiger partial charge in [-0.15, -0.1) is 0 Å². The first-order valence-electron chi connectivity index (χ1n) is 9.92. The van der Waals surface area contributed by atoms with Crippen molar-refractivity contribution in [3.8, 4) is 22.6 Å². The number of pyridine rings is 1. The van der Waals surface area contributed by atoms with E-state index in [9.17, 15) is 4.39 Å². The topological polar surface area (TPSA) is 97.8 Å². The Morgan fingerprint density at radius 1 is 0.969 bits per heavy atom. The van der Waals surface area contributed by atoms with Crippen molar-refractivity contribution in [3.05, 3.63) is 84.8 Å². The highest BCUT2D eigenvalue weighted by atomic mass is 19.1. The summed E-state index contributed by atoms with van der Waals surface area (Å²) in [5.74, 6) is 0.583. The van der Waals surface area contributed by atoms with Crippen molar-refractivity contribution in [2.75, 3.05) is 18.5 Å². The third kappa shape index (κ3) is 4.25. The van der Waals surface area contributed by atoms with Gasteiger partial charge in [0.2, 0.25) is 12.2 Å². The molecule has 1 aliphatic heterocycles. The molecule has 160 valence electrons. The van der Waals surface area contributed by atoms with Gasteiger partial charge < -0.3 is 19.8 Å². The van der Waals surface area contributed by atoms with E-state index in [1.54, 1.807) is 36.8 Å². The van der Waals surface area contributed by atoms with Crippen molar-refractivity contribution >= 4 is 11.6 Å². The first-order valence-corrected chi connectivity index (χ1v) is 9.92. The van der Waals surface area contributed by atoms with E-state index < -0.39 is 6.29 Å². The smallest absolute Gasteiger partial charge is 0.227 e. The van der Waals surface area contributed by atoms with Gasteiger partial charge in [-0.1, -0.05) is 6.58 Å². The number of nitrogens with one attached hydrogen (secondary N) is 2. The lowest BCUT2D eigenvalue weighted by atomic mass is 10.1. The Bertz CT molecular complexity index is 1230. The van der Waals surface area contributed by atoms with Crippen LogP contribution in [-0.4, -0.2) is 38.1 Å². The number of anilines is 2. The van der Waals surface area contributed by atoms with E-state index in [0.717, 1.165) is 16.8 Å². The van der Waals surface area contributed by atoms with E-state index in [1.165, 1.54) is 12.1 Å². The zero-order valence-corrected chi connectivity index (χ0v) is 17.0. The Labute approximate surface area is 183 Å². The number of nitrogens with zero attached hydrogens (tertiary/aromatic N) is 4. The summed E-state index contributed by atoms with van der Waals surface area (Å²) in [5.41, 5.74) is 4.25. The van der Waals surface area contributed by atoms with E-state index in [1.807, 2.05) is 12.1 Å². The first-order chi connectivity index (χ1) is 15.7. The molecule has 0 spiro atoms. The van der Waals surface area contributed by atoms with Crippen molar-refractivity contribution in [1.29, 1.82) is 0 Å². The summed E-state index contributed by atoms with van der Waals surface area (Å²) in [5, 5.41) is 3.15. The standard InChI is InChI=1S/C23H19FN6O2/c1-14-12-31-22(32-13-14)21-29-19(15-2-4-16(24)5-3-15)20(30-21)18-8-11-26-23(28-18)27-17-6-9-25-10-7-17/h2-11,22H,1,12-13H2,(H,29,30)(H,25,26,27,28). The molecule has 0 aliphatic carbocycles. The maximum Gasteiger partial charge on any atom is 0.227 e. The molecule has 1 aliphatic rings. The van der Waals surface area contributed by atoms with Crippen LogP contribution in [0.2, 0.25) is 0 Å². The van der Waals surface area contributed by atoms with Crippen LogP contribution >= 0.6 is 0 Å². The van der Waals surface area contributed by atoms with Crippen LogP contribution in [0, 0.1) is 5.82 Å². The molecule has 4 heterocycles. The van der Waals surface area contributed by atoms with Crippen LogP contribution in [0.3, 0.4) is 0 Å². The van der Waals surface area contributed by atoms with Crippen molar-refractivity contribution in [3.63, 3.8) is 0 Å². The summed E-state index contributed by atoms with van der Waals surface area (Å²) >= 11 is 0. The third-order valence-electron chi connectivity index (χ3n) is 4.79. The molecule has 0 radical (unpaired) electrons.